The largest absolute Gasteiger partial charge is 1.00 e. The van der Waals surface area contributed by atoms with Crippen molar-refractivity contribution >= 4 is 13.9 Å². The molecule has 26 heavy (non-hydrogen) atoms. The van der Waals surface area contributed by atoms with Crippen LogP contribution in [0.15, 0.2) is 21.9 Å². The first-order chi connectivity index (χ1) is 11.2. The smallest absolute Gasteiger partial charge is 0.790 e. The Labute approximate surface area is 191 Å². The molecule has 0 radical (unpaired) electrons. The fourth-order valence-corrected chi connectivity index (χ4v) is 2.49. The topological polar surface area (TPSA) is 181 Å². The van der Waals surface area contributed by atoms with E-state index in [1.165, 1.54) is 6.08 Å². The van der Waals surface area contributed by atoms with Crippen LogP contribution in [-0.4, -0.2) is 33.5 Å². The zero-order valence-electron chi connectivity index (χ0n) is 14.0. The van der Waals surface area contributed by atoms with Crippen molar-refractivity contribution in [3.63, 3.8) is 0 Å². The molecule has 1 aliphatic heterocycles. The van der Waals surface area contributed by atoms with Gasteiger partial charge in [0.25, 0.3) is 5.56 Å². The van der Waals surface area contributed by atoms with E-state index >= 15 is 0 Å². The third kappa shape index (κ3) is 7.16. The number of H-pyrrole nitrogens is 1. The molecule has 1 aromatic rings. The molecule has 3 atom stereocenters. The third-order valence-electron chi connectivity index (χ3n) is 3.24. The number of nitrogens with zero attached hydrogens (tertiary/aromatic N) is 2. The van der Waals surface area contributed by atoms with Crippen molar-refractivity contribution in [2.75, 3.05) is 6.61 Å². The summed E-state index contributed by atoms with van der Waals surface area (Å²) in [4.78, 5) is 46.4. The molecule has 0 amide bonds. The summed E-state index contributed by atoms with van der Waals surface area (Å²) in [6, 6.07) is 1.70. The normalized spacial score (nSPS) is 22.5. The van der Waals surface area contributed by atoms with Gasteiger partial charge in [-0.05, 0) is 6.08 Å². The Morgan fingerprint density at radius 2 is 2.15 bits per heavy atom. The van der Waals surface area contributed by atoms with Gasteiger partial charge in [-0.25, -0.2) is 4.79 Å². The van der Waals surface area contributed by atoms with Gasteiger partial charge in [0.1, 0.15) is 12.3 Å². The Morgan fingerprint density at radius 1 is 1.50 bits per heavy atom. The maximum atomic E-state index is 11.9. The molecule has 2 heterocycles. The number of allylic oxidation sites excluding steroid dienone is 1. The van der Waals surface area contributed by atoms with Gasteiger partial charge in [0.15, 0.2) is 0 Å². The average molecular weight is 403 g/mol. The number of rotatable bonds is 5. The SMILES string of the molecule is N#C/C=C/c1cn([C@H]2CC(O)[C@@H](COP(=O)([O-])[O-])O2)c(=O)[nH]c1=O.[Na+].[Na+]. The van der Waals surface area contributed by atoms with E-state index in [9.17, 15) is 29.0 Å². The van der Waals surface area contributed by atoms with Gasteiger partial charge >= 0.3 is 64.8 Å². The minimum absolute atomic E-state index is 0. The fraction of sp³-hybridized carbons (Fsp3) is 0.417. The molecule has 11 nitrogen and oxygen atoms in total. The van der Waals surface area contributed by atoms with E-state index in [0.29, 0.717) is 0 Å². The van der Waals surface area contributed by atoms with Gasteiger partial charge in [-0.3, -0.25) is 14.3 Å². The first kappa shape index (κ1) is 25.9. The van der Waals surface area contributed by atoms with Gasteiger partial charge in [-0.15, -0.1) is 0 Å². The predicted octanol–water partition coefficient (Wildman–Crippen LogP) is -8.42. The average Bonchev–Trinajstić information content (AvgIpc) is 2.84. The maximum absolute atomic E-state index is 11.9. The van der Waals surface area contributed by atoms with E-state index in [2.05, 4.69) is 4.52 Å². The molecule has 1 saturated heterocycles. The molecule has 2 rings (SSSR count). The summed E-state index contributed by atoms with van der Waals surface area (Å²) < 4.78 is 20.8. The van der Waals surface area contributed by atoms with Crippen LogP contribution in [0.25, 0.3) is 6.08 Å². The number of aromatic nitrogens is 2. The van der Waals surface area contributed by atoms with Crippen LogP contribution in [0.5, 0.6) is 0 Å². The van der Waals surface area contributed by atoms with Crippen LogP contribution in [0.1, 0.15) is 18.2 Å². The number of aromatic amines is 1. The Kier molecular flexibility index (Phi) is 11.0. The van der Waals surface area contributed by atoms with Crippen LogP contribution < -0.4 is 80.2 Å². The van der Waals surface area contributed by atoms with Crippen molar-refractivity contribution in [1.82, 2.24) is 9.55 Å². The summed E-state index contributed by atoms with van der Waals surface area (Å²) in [5, 5.41) is 18.3. The number of hydrogen-bond acceptors (Lipinski definition) is 9. The molecule has 14 heteroatoms. The van der Waals surface area contributed by atoms with Crippen molar-refractivity contribution in [1.29, 1.82) is 5.26 Å². The summed E-state index contributed by atoms with van der Waals surface area (Å²) in [6.45, 7) is -0.693. The predicted molar refractivity (Wildman–Crippen MR) is 74.1 cm³/mol. The van der Waals surface area contributed by atoms with Gasteiger partial charge in [-0.1, -0.05) is 0 Å². The Morgan fingerprint density at radius 3 is 2.73 bits per heavy atom. The van der Waals surface area contributed by atoms with Crippen molar-refractivity contribution < 1.29 is 87.8 Å². The molecule has 1 aliphatic rings. The van der Waals surface area contributed by atoms with Crippen LogP contribution >= 0.6 is 7.82 Å². The molecule has 2 N–H and O–H groups in total. The van der Waals surface area contributed by atoms with Crippen LogP contribution in [0.2, 0.25) is 0 Å². The Bertz CT molecular complexity index is 842. The molecule has 1 fully saturated rings. The minimum Gasteiger partial charge on any atom is -0.790 e. The Balaban J connectivity index is 0.00000312. The first-order valence-corrected chi connectivity index (χ1v) is 8.09. The quantitative estimate of drug-likeness (QED) is 0.274. The third-order valence-corrected chi connectivity index (χ3v) is 3.71. The van der Waals surface area contributed by atoms with E-state index < -0.39 is 44.1 Å². The van der Waals surface area contributed by atoms with Crippen molar-refractivity contribution in [2.24, 2.45) is 0 Å². The zero-order chi connectivity index (χ0) is 17.9. The molecule has 0 aromatic carbocycles. The van der Waals surface area contributed by atoms with Crippen molar-refractivity contribution in [2.45, 2.75) is 24.9 Å². The van der Waals surface area contributed by atoms with E-state index in [1.807, 2.05) is 4.98 Å². The molecule has 1 aromatic heterocycles. The molecule has 130 valence electrons. The number of nitrogens with one attached hydrogen (secondary N) is 1. The number of phosphoric acid groups is 1. The standard InChI is InChI=1S/C12H14N3O8P.2Na/c13-3-1-2-7-5-15(12(18)14-11(7)17)10-4-8(16)9(23-10)6-22-24(19,20)21;;/h1-2,5,8-10,16H,4,6H2,(H,14,17,18)(H2,19,20,21);;/q;2*+1/p-2/b2-1+;;/t8?,9-,10-;;/m1../s1. The van der Waals surface area contributed by atoms with E-state index in [4.69, 9.17) is 10.00 Å². The number of hydrogen-bond donors (Lipinski definition) is 2. The number of aliphatic hydroxyl groups is 1. The van der Waals surface area contributed by atoms with Crippen LogP contribution in [0, 0.1) is 11.3 Å². The van der Waals surface area contributed by atoms with E-state index in [1.54, 1.807) is 6.07 Å². The van der Waals surface area contributed by atoms with E-state index in [0.717, 1.165) is 16.8 Å². The maximum Gasteiger partial charge on any atom is 1.00 e. The zero-order valence-corrected chi connectivity index (χ0v) is 18.9. The van der Waals surface area contributed by atoms with Crippen molar-refractivity contribution in [3.05, 3.63) is 38.7 Å². The molecule has 0 saturated carbocycles. The molecule has 0 bridgehead atoms. The van der Waals surface area contributed by atoms with E-state index in [-0.39, 0.29) is 71.1 Å². The van der Waals surface area contributed by atoms with Gasteiger partial charge in [0, 0.05) is 18.7 Å². The molecule has 1 unspecified atom stereocenters. The second-order valence-corrected chi connectivity index (χ2v) is 6.04. The summed E-state index contributed by atoms with van der Waals surface area (Å²) in [7, 11) is -5.22. The van der Waals surface area contributed by atoms with Crippen LogP contribution in [0.3, 0.4) is 0 Å². The molecule has 0 spiro atoms. The second kappa shape index (κ2) is 11.1. The summed E-state index contributed by atoms with van der Waals surface area (Å²) in [6.07, 6.45) is -0.0521. The van der Waals surface area contributed by atoms with Crippen LogP contribution in [0.4, 0.5) is 0 Å². The number of phosphoric ester groups is 1. The Hall–Kier alpha value is -0.0600. The minimum atomic E-state index is -5.22. The number of nitriles is 1. The van der Waals surface area contributed by atoms with Gasteiger partial charge in [0.05, 0.1) is 32.2 Å². The van der Waals surface area contributed by atoms with Gasteiger partial charge < -0.3 is 28.7 Å². The van der Waals surface area contributed by atoms with Gasteiger partial charge in [0.2, 0.25) is 0 Å². The molecule has 0 aliphatic carbocycles. The summed E-state index contributed by atoms with van der Waals surface area (Å²) in [5.41, 5.74) is -1.51. The molecular formula is C12H12N3Na2O8P. The number of ether oxygens (including phenoxy) is 1. The molecular weight excluding hydrogens is 391 g/mol. The van der Waals surface area contributed by atoms with Crippen LogP contribution in [-0.2, 0) is 13.8 Å². The fourth-order valence-electron chi connectivity index (χ4n) is 2.16. The number of aliphatic hydroxyl groups excluding tert-OH is 1. The van der Waals surface area contributed by atoms with Gasteiger partial charge in [-0.2, -0.15) is 5.26 Å². The summed E-state index contributed by atoms with van der Waals surface area (Å²) >= 11 is 0. The second-order valence-electron chi connectivity index (χ2n) is 4.89. The monoisotopic (exact) mass is 403 g/mol. The van der Waals surface area contributed by atoms with Crippen molar-refractivity contribution in [3.8, 4) is 6.07 Å². The summed E-state index contributed by atoms with van der Waals surface area (Å²) in [5.74, 6) is 0. The first-order valence-electron chi connectivity index (χ1n) is 6.63.